The lowest BCUT2D eigenvalue weighted by Gasteiger charge is -2.25. The van der Waals surface area contributed by atoms with Crippen molar-refractivity contribution in [3.63, 3.8) is 0 Å². The molecular weight excluding hydrogens is 340 g/mol. The average Bonchev–Trinajstić information content (AvgIpc) is 3.25. The molecule has 0 saturated carbocycles. The van der Waals surface area contributed by atoms with Crippen LogP contribution in [0.2, 0.25) is 0 Å². The molecule has 0 radical (unpaired) electrons. The van der Waals surface area contributed by atoms with Crippen LogP contribution in [0.3, 0.4) is 0 Å². The number of carbonyl (C=O) groups is 1. The number of benzene rings is 1. The van der Waals surface area contributed by atoms with E-state index in [1.807, 2.05) is 36.4 Å². The van der Waals surface area contributed by atoms with E-state index >= 15 is 0 Å². The first-order chi connectivity index (χ1) is 13.1. The number of ether oxygens (including phenoxy) is 1. The number of hydrogen-bond acceptors (Lipinski definition) is 3. The molecule has 0 spiro atoms. The van der Waals surface area contributed by atoms with Gasteiger partial charge in [0.05, 0.1) is 18.3 Å². The van der Waals surface area contributed by atoms with Gasteiger partial charge in [-0.25, -0.2) is 0 Å². The SMILES string of the molecule is O=C(O)CCCC=CC[C@H]1[C@H](C=CC(O)Cc2ccccc2)[C@@H]2CC[C@H]1O2. The Hall–Kier alpha value is -1.91. The number of carboxylic acids is 1. The highest BCUT2D eigenvalue weighted by molar-refractivity contribution is 5.66. The Morgan fingerprint density at radius 1 is 1.19 bits per heavy atom. The fourth-order valence-electron chi connectivity index (χ4n) is 4.31. The summed E-state index contributed by atoms with van der Waals surface area (Å²) in [5.74, 6) is 0.0849. The Kier molecular flexibility index (Phi) is 7.25. The maximum Gasteiger partial charge on any atom is 0.303 e. The molecule has 1 unspecified atom stereocenters. The lowest BCUT2D eigenvalue weighted by atomic mass is 9.77. The Morgan fingerprint density at radius 3 is 2.74 bits per heavy atom. The molecule has 4 heteroatoms. The Morgan fingerprint density at radius 2 is 1.96 bits per heavy atom. The lowest BCUT2D eigenvalue weighted by molar-refractivity contribution is -0.137. The van der Waals surface area contributed by atoms with Gasteiger partial charge in [0, 0.05) is 18.8 Å². The van der Waals surface area contributed by atoms with Crippen LogP contribution in [-0.2, 0) is 16.0 Å². The second kappa shape index (κ2) is 9.86. The molecule has 146 valence electrons. The van der Waals surface area contributed by atoms with Crippen molar-refractivity contribution in [1.29, 1.82) is 0 Å². The minimum absolute atomic E-state index is 0.228. The number of aliphatic hydroxyl groups excluding tert-OH is 1. The van der Waals surface area contributed by atoms with Crippen molar-refractivity contribution in [1.82, 2.24) is 0 Å². The van der Waals surface area contributed by atoms with Gasteiger partial charge < -0.3 is 14.9 Å². The van der Waals surface area contributed by atoms with Crippen molar-refractivity contribution in [2.75, 3.05) is 0 Å². The Labute approximate surface area is 161 Å². The second-order valence-corrected chi connectivity index (χ2v) is 7.67. The summed E-state index contributed by atoms with van der Waals surface area (Å²) >= 11 is 0. The second-order valence-electron chi connectivity index (χ2n) is 7.67. The maximum absolute atomic E-state index is 10.5. The molecule has 2 fully saturated rings. The van der Waals surface area contributed by atoms with Gasteiger partial charge in [-0.2, -0.15) is 0 Å². The van der Waals surface area contributed by atoms with Crippen LogP contribution in [0.4, 0.5) is 0 Å². The van der Waals surface area contributed by atoms with E-state index in [-0.39, 0.29) is 12.5 Å². The standard InChI is InChI=1S/C23H30O4/c24-18(16-17-8-4-3-5-9-17)12-13-20-19(21-14-15-22(20)27-21)10-6-1-2-7-11-23(25)26/h1,3-6,8-9,12-13,18-22,24H,2,7,10-11,14-16H2,(H,25,26)/t18?,19-,20-,21+,22-/m0/s1. The van der Waals surface area contributed by atoms with Gasteiger partial charge in [-0.1, -0.05) is 54.6 Å². The Bertz CT molecular complexity index is 652. The smallest absolute Gasteiger partial charge is 0.303 e. The highest BCUT2D eigenvalue weighted by atomic mass is 16.5. The van der Waals surface area contributed by atoms with Gasteiger partial charge in [-0.3, -0.25) is 4.79 Å². The van der Waals surface area contributed by atoms with Gasteiger partial charge in [0.1, 0.15) is 0 Å². The van der Waals surface area contributed by atoms with Gasteiger partial charge in [-0.15, -0.1) is 0 Å². The van der Waals surface area contributed by atoms with Crippen LogP contribution in [0.1, 0.15) is 44.1 Å². The predicted octanol–water partition coefficient (Wildman–Crippen LogP) is 4.14. The molecule has 5 atom stereocenters. The van der Waals surface area contributed by atoms with Crippen molar-refractivity contribution in [2.24, 2.45) is 11.8 Å². The molecule has 2 aliphatic rings. The normalized spacial score (nSPS) is 28.3. The van der Waals surface area contributed by atoms with Crippen molar-refractivity contribution in [3.05, 3.63) is 60.2 Å². The summed E-state index contributed by atoms with van der Waals surface area (Å²) in [4.78, 5) is 10.5. The zero-order valence-corrected chi connectivity index (χ0v) is 15.7. The van der Waals surface area contributed by atoms with E-state index in [9.17, 15) is 9.90 Å². The van der Waals surface area contributed by atoms with E-state index in [1.165, 1.54) is 0 Å². The lowest BCUT2D eigenvalue weighted by Crippen LogP contribution is -2.25. The minimum atomic E-state index is -0.732. The predicted molar refractivity (Wildman–Crippen MR) is 105 cm³/mol. The summed E-state index contributed by atoms with van der Waals surface area (Å²) < 4.78 is 6.11. The van der Waals surface area contributed by atoms with E-state index in [1.54, 1.807) is 0 Å². The van der Waals surface area contributed by atoms with Crippen molar-refractivity contribution in [2.45, 2.75) is 63.3 Å². The topological polar surface area (TPSA) is 66.8 Å². The summed E-state index contributed by atoms with van der Waals surface area (Å²) in [7, 11) is 0. The largest absolute Gasteiger partial charge is 0.481 e. The van der Waals surface area contributed by atoms with Crippen molar-refractivity contribution < 1.29 is 19.7 Å². The summed E-state index contributed by atoms with van der Waals surface area (Å²) in [6.07, 6.45) is 14.0. The first-order valence-corrected chi connectivity index (χ1v) is 10.1. The molecular formula is C23H30O4. The number of rotatable bonds is 10. The van der Waals surface area contributed by atoms with Crippen LogP contribution in [0, 0.1) is 11.8 Å². The summed E-state index contributed by atoms with van der Waals surface area (Å²) in [6, 6.07) is 10.0. The van der Waals surface area contributed by atoms with Crippen molar-refractivity contribution in [3.8, 4) is 0 Å². The molecule has 0 amide bonds. The number of carboxylic acid groups (broad SMARTS) is 1. The van der Waals surface area contributed by atoms with Crippen LogP contribution in [0.15, 0.2) is 54.6 Å². The number of allylic oxidation sites excluding steroid dienone is 2. The minimum Gasteiger partial charge on any atom is -0.481 e. The summed E-state index contributed by atoms with van der Waals surface area (Å²) in [5, 5.41) is 19.0. The van der Waals surface area contributed by atoms with E-state index < -0.39 is 12.1 Å². The zero-order chi connectivity index (χ0) is 19.1. The molecule has 1 aromatic rings. The van der Waals surface area contributed by atoms with Gasteiger partial charge >= 0.3 is 5.97 Å². The number of unbranched alkanes of at least 4 members (excludes halogenated alkanes) is 1. The van der Waals surface area contributed by atoms with Gasteiger partial charge in [-0.05, 0) is 43.6 Å². The molecule has 2 heterocycles. The molecule has 0 aliphatic carbocycles. The van der Waals surface area contributed by atoms with Crippen LogP contribution in [-0.4, -0.2) is 34.5 Å². The van der Waals surface area contributed by atoms with Crippen molar-refractivity contribution >= 4 is 5.97 Å². The van der Waals surface area contributed by atoms with E-state index in [2.05, 4.69) is 18.2 Å². The van der Waals surface area contributed by atoms with Crippen LogP contribution >= 0.6 is 0 Å². The highest BCUT2D eigenvalue weighted by Gasteiger charge is 2.46. The quantitative estimate of drug-likeness (QED) is 0.480. The van der Waals surface area contributed by atoms with E-state index in [4.69, 9.17) is 9.84 Å². The molecule has 2 N–H and O–H groups in total. The molecule has 1 aromatic carbocycles. The number of hydrogen-bond donors (Lipinski definition) is 2. The molecule has 2 saturated heterocycles. The highest BCUT2D eigenvalue weighted by Crippen LogP contribution is 2.45. The van der Waals surface area contributed by atoms with Gasteiger partial charge in [0.25, 0.3) is 0 Å². The molecule has 0 aromatic heterocycles. The number of fused-ring (bicyclic) bond motifs is 2. The fraction of sp³-hybridized carbons (Fsp3) is 0.522. The average molecular weight is 370 g/mol. The molecule has 2 bridgehead atoms. The van der Waals surface area contributed by atoms with Gasteiger partial charge in [0.15, 0.2) is 0 Å². The number of aliphatic hydroxyl groups is 1. The monoisotopic (exact) mass is 370 g/mol. The van der Waals surface area contributed by atoms with E-state index in [0.717, 1.165) is 31.2 Å². The third kappa shape index (κ3) is 5.78. The maximum atomic E-state index is 10.5. The first kappa shape index (κ1) is 19.8. The van der Waals surface area contributed by atoms with Crippen LogP contribution in [0.25, 0.3) is 0 Å². The van der Waals surface area contributed by atoms with E-state index in [0.29, 0.717) is 30.8 Å². The molecule has 27 heavy (non-hydrogen) atoms. The zero-order valence-electron chi connectivity index (χ0n) is 15.7. The molecule has 4 nitrogen and oxygen atoms in total. The first-order valence-electron chi connectivity index (χ1n) is 10.1. The van der Waals surface area contributed by atoms with Gasteiger partial charge in [0.2, 0.25) is 0 Å². The third-order valence-corrected chi connectivity index (χ3v) is 5.67. The number of aliphatic carboxylic acids is 1. The fourth-order valence-corrected chi connectivity index (χ4v) is 4.31. The third-order valence-electron chi connectivity index (χ3n) is 5.67. The Balaban J connectivity index is 1.50. The summed E-state index contributed by atoms with van der Waals surface area (Å²) in [6.45, 7) is 0. The summed E-state index contributed by atoms with van der Waals surface area (Å²) in [5.41, 5.74) is 1.14. The molecule has 2 aliphatic heterocycles. The van der Waals surface area contributed by atoms with Crippen LogP contribution < -0.4 is 0 Å². The molecule has 3 rings (SSSR count). The van der Waals surface area contributed by atoms with Crippen LogP contribution in [0.5, 0.6) is 0 Å².